The van der Waals surface area contributed by atoms with Gasteiger partial charge in [-0.15, -0.1) is 0 Å². The predicted molar refractivity (Wildman–Crippen MR) is 71.6 cm³/mol. The van der Waals surface area contributed by atoms with Crippen molar-refractivity contribution in [1.29, 1.82) is 0 Å². The smallest absolute Gasteiger partial charge is 0.176 e. The van der Waals surface area contributed by atoms with E-state index in [0.29, 0.717) is 18.5 Å². The van der Waals surface area contributed by atoms with E-state index in [1.54, 1.807) is 12.1 Å². The number of ketones is 1. The van der Waals surface area contributed by atoms with Crippen LogP contribution in [0.4, 0.5) is 4.39 Å². The predicted octanol–water partition coefficient (Wildman–Crippen LogP) is 2.25. The van der Waals surface area contributed by atoms with Gasteiger partial charge in [-0.3, -0.25) is 9.69 Å². The molecule has 0 saturated carbocycles. The molecule has 2 rings (SSSR count). The fraction of sp³-hybridized carbons (Fsp3) is 0.533. The van der Waals surface area contributed by atoms with Crippen molar-refractivity contribution in [2.45, 2.75) is 31.7 Å². The number of likely N-dealkylation sites (tertiary alicyclic amines) is 1. The van der Waals surface area contributed by atoms with E-state index in [-0.39, 0.29) is 24.2 Å². The van der Waals surface area contributed by atoms with Crippen LogP contribution in [0.2, 0.25) is 0 Å². The second-order valence-corrected chi connectivity index (χ2v) is 5.07. The van der Waals surface area contributed by atoms with E-state index < -0.39 is 0 Å². The first-order valence-electron chi connectivity index (χ1n) is 6.84. The van der Waals surface area contributed by atoms with E-state index in [1.165, 1.54) is 12.1 Å². The van der Waals surface area contributed by atoms with E-state index >= 15 is 0 Å². The maximum Gasteiger partial charge on any atom is 0.176 e. The molecule has 1 aliphatic heterocycles. The Morgan fingerprint density at radius 3 is 3.00 bits per heavy atom. The van der Waals surface area contributed by atoms with Crippen LogP contribution in [0.3, 0.4) is 0 Å². The summed E-state index contributed by atoms with van der Waals surface area (Å²) in [6, 6.07) is 6.11. The molecule has 1 aromatic carbocycles. The fourth-order valence-electron chi connectivity index (χ4n) is 2.68. The molecular weight excluding hydrogens is 245 g/mol. The van der Waals surface area contributed by atoms with Gasteiger partial charge < -0.3 is 5.11 Å². The van der Waals surface area contributed by atoms with Crippen LogP contribution >= 0.6 is 0 Å². The third-order valence-electron chi connectivity index (χ3n) is 3.70. The van der Waals surface area contributed by atoms with Crippen LogP contribution in [0.1, 0.15) is 36.0 Å². The van der Waals surface area contributed by atoms with Crippen molar-refractivity contribution in [1.82, 2.24) is 4.90 Å². The van der Waals surface area contributed by atoms with Crippen LogP contribution in [0.25, 0.3) is 0 Å². The molecule has 1 fully saturated rings. The summed E-state index contributed by atoms with van der Waals surface area (Å²) in [6.45, 7) is 1.34. The summed E-state index contributed by atoms with van der Waals surface area (Å²) in [6.07, 6.45) is 3.96. The minimum absolute atomic E-state index is 0.0515. The summed E-state index contributed by atoms with van der Waals surface area (Å²) in [4.78, 5) is 14.3. The average Bonchev–Trinajstić information content (AvgIpc) is 2.41. The van der Waals surface area contributed by atoms with Crippen molar-refractivity contribution >= 4 is 5.78 Å². The Hall–Kier alpha value is -1.26. The van der Waals surface area contributed by atoms with E-state index in [9.17, 15) is 9.18 Å². The topological polar surface area (TPSA) is 40.5 Å². The quantitative estimate of drug-likeness (QED) is 0.830. The normalized spacial score (nSPS) is 20.4. The number of carbonyl (C=O) groups is 1. The van der Waals surface area contributed by atoms with E-state index in [4.69, 9.17) is 5.11 Å². The van der Waals surface area contributed by atoms with Gasteiger partial charge in [0.25, 0.3) is 0 Å². The van der Waals surface area contributed by atoms with Crippen molar-refractivity contribution in [2.24, 2.45) is 0 Å². The highest BCUT2D eigenvalue weighted by Crippen LogP contribution is 2.20. The molecule has 19 heavy (non-hydrogen) atoms. The summed E-state index contributed by atoms with van der Waals surface area (Å²) in [5.41, 5.74) is 0.424. The molecule has 0 aromatic heterocycles. The van der Waals surface area contributed by atoms with Crippen molar-refractivity contribution in [3.8, 4) is 0 Å². The first-order chi connectivity index (χ1) is 9.20. The number of aliphatic hydroxyl groups is 1. The molecule has 0 bridgehead atoms. The minimum Gasteiger partial charge on any atom is -0.396 e. The number of Topliss-reactive ketones (excluding diaryl/α,β-unsaturated/α-hetero) is 1. The van der Waals surface area contributed by atoms with Gasteiger partial charge in [0.15, 0.2) is 5.78 Å². The molecule has 1 saturated heterocycles. The lowest BCUT2D eigenvalue weighted by Gasteiger charge is -2.34. The first kappa shape index (κ1) is 14.2. The zero-order valence-electron chi connectivity index (χ0n) is 11.0. The Bertz CT molecular complexity index is 434. The Morgan fingerprint density at radius 2 is 2.26 bits per heavy atom. The molecule has 3 nitrogen and oxygen atoms in total. The van der Waals surface area contributed by atoms with Crippen LogP contribution in [0, 0.1) is 5.82 Å². The Morgan fingerprint density at radius 1 is 1.42 bits per heavy atom. The monoisotopic (exact) mass is 265 g/mol. The number of hydrogen-bond donors (Lipinski definition) is 1. The van der Waals surface area contributed by atoms with Crippen molar-refractivity contribution in [3.63, 3.8) is 0 Å². The molecule has 1 N–H and O–H groups in total. The SMILES string of the molecule is O=C(CN1CCCCC1CCO)c1cccc(F)c1. The van der Waals surface area contributed by atoms with Crippen molar-refractivity contribution in [3.05, 3.63) is 35.6 Å². The molecule has 1 unspecified atom stereocenters. The number of hydrogen-bond acceptors (Lipinski definition) is 3. The molecule has 1 aliphatic rings. The number of halogens is 1. The van der Waals surface area contributed by atoms with Gasteiger partial charge in [0.1, 0.15) is 5.82 Å². The molecule has 104 valence electrons. The molecular formula is C15H20FNO2. The molecule has 4 heteroatoms. The summed E-state index contributed by atoms with van der Waals surface area (Å²) in [7, 11) is 0. The third kappa shape index (κ3) is 3.85. The standard InChI is InChI=1S/C15H20FNO2/c16-13-5-3-4-12(10-13)15(19)11-17-8-2-1-6-14(17)7-9-18/h3-5,10,14,18H,1-2,6-9,11H2. The van der Waals surface area contributed by atoms with Crippen molar-refractivity contribution < 1.29 is 14.3 Å². The lowest BCUT2D eigenvalue weighted by molar-refractivity contribution is 0.0798. The van der Waals surface area contributed by atoms with Crippen LogP contribution in [0.5, 0.6) is 0 Å². The lowest BCUT2D eigenvalue weighted by Crippen LogP contribution is -2.43. The highest BCUT2D eigenvalue weighted by molar-refractivity contribution is 5.97. The molecule has 1 aromatic rings. The zero-order valence-corrected chi connectivity index (χ0v) is 11.0. The zero-order chi connectivity index (χ0) is 13.7. The summed E-state index contributed by atoms with van der Waals surface area (Å²) >= 11 is 0. The number of carbonyl (C=O) groups excluding carboxylic acids is 1. The molecule has 0 amide bonds. The van der Waals surface area contributed by atoms with Crippen LogP contribution in [-0.2, 0) is 0 Å². The number of benzene rings is 1. The van der Waals surface area contributed by atoms with Gasteiger partial charge >= 0.3 is 0 Å². The highest BCUT2D eigenvalue weighted by Gasteiger charge is 2.24. The maximum absolute atomic E-state index is 13.1. The molecule has 1 heterocycles. The van der Waals surface area contributed by atoms with E-state index in [2.05, 4.69) is 4.90 Å². The van der Waals surface area contributed by atoms with Gasteiger partial charge in [0.05, 0.1) is 6.54 Å². The van der Waals surface area contributed by atoms with Crippen LogP contribution in [0.15, 0.2) is 24.3 Å². The number of aliphatic hydroxyl groups excluding tert-OH is 1. The number of nitrogens with zero attached hydrogens (tertiary/aromatic N) is 1. The van der Waals surface area contributed by atoms with Gasteiger partial charge in [0, 0.05) is 18.2 Å². The summed E-state index contributed by atoms with van der Waals surface area (Å²) in [5.74, 6) is -0.430. The van der Waals surface area contributed by atoms with Gasteiger partial charge in [-0.1, -0.05) is 18.6 Å². The van der Waals surface area contributed by atoms with Gasteiger partial charge in [-0.25, -0.2) is 4.39 Å². The maximum atomic E-state index is 13.1. The van der Waals surface area contributed by atoms with Crippen LogP contribution < -0.4 is 0 Å². The van der Waals surface area contributed by atoms with E-state index in [1.807, 2.05) is 0 Å². The van der Waals surface area contributed by atoms with E-state index in [0.717, 1.165) is 25.8 Å². The number of piperidine rings is 1. The third-order valence-corrected chi connectivity index (χ3v) is 3.70. The van der Waals surface area contributed by atoms with Gasteiger partial charge in [-0.2, -0.15) is 0 Å². The molecule has 0 spiro atoms. The molecule has 0 aliphatic carbocycles. The summed E-state index contributed by atoms with van der Waals surface area (Å²) < 4.78 is 13.1. The lowest BCUT2D eigenvalue weighted by atomic mass is 9.98. The van der Waals surface area contributed by atoms with Crippen LogP contribution in [-0.4, -0.2) is 41.5 Å². The highest BCUT2D eigenvalue weighted by atomic mass is 19.1. The summed E-state index contributed by atoms with van der Waals surface area (Å²) in [5, 5.41) is 9.06. The van der Waals surface area contributed by atoms with Gasteiger partial charge in [-0.05, 0) is 37.9 Å². The first-order valence-corrected chi connectivity index (χ1v) is 6.84. The second-order valence-electron chi connectivity index (χ2n) is 5.07. The Labute approximate surface area is 113 Å². The second kappa shape index (κ2) is 6.78. The molecule has 1 atom stereocenters. The number of rotatable bonds is 5. The average molecular weight is 265 g/mol. The minimum atomic E-state index is -0.378. The molecule has 0 radical (unpaired) electrons. The largest absolute Gasteiger partial charge is 0.396 e. The Balaban J connectivity index is 2.00. The van der Waals surface area contributed by atoms with Gasteiger partial charge in [0.2, 0.25) is 0 Å². The Kier molecular flexibility index (Phi) is 5.05. The van der Waals surface area contributed by atoms with Crippen molar-refractivity contribution in [2.75, 3.05) is 19.7 Å². The fourth-order valence-corrected chi connectivity index (χ4v) is 2.68.